The smallest absolute Gasteiger partial charge is 0.306 e. The van der Waals surface area contributed by atoms with E-state index in [2.05, 4.69) is 19.2 Å². The number of carbonyl (C=O) groups is 2. The summed E-state index contributed by atoms with van der Waals surface area (Å²) in [4.78, 5) is 23.4. The maximum absolute atomic E-state index is 12.3. The third-order valence-corrected chi connectivity index (χ3v) is 5.46. The first-order chi connectivity index (χ1) is 9.97. The number of aliphatic carboxylic acids is 1. The van der Waals surface area contributed by atoms with E-state index in [1.807, 2.05) is 0 Å². The molecule has 4 heteroatoms. The van der Waals surface area contributed by atoms with Crippen LogP contribution in [0.1, 0.15) is 65.2 Å². The molecule has 2 aliphatic carbocycles. The Kier molecular flexibility index (Phi) is 5.65. The summed E-state index contributed by atoms with van der Waals surface area (Å²) >= 11 is 0. The van der Waals surface area contributed by atoms with Crippen molar-refractivity contribution in [2.45, 2.75) is 71.3 Å². The SMILES string of the molecule is CC(C)C1CCC(NC(=O)C2CCCC(C(=O)O)C2)CC1. The molecule has 0 aromatic rings. The Bertz CT molecular complexity index is 372. The molecule has 2 fully saturated rings. The average Bonchev–Trinajstić information content (AvgIpc) is 2.48. The maximum atomic E-state index is 12.3. The number of carboxylic acids is 1. The Morgan fingerprint density at radius 3 is 2.19 bits per heavy atom. The van der Waals surface area contributed by atoms with Gasteiger partial charge in [-0.25, -0.2) is 0 Å². The molecular weight excluding hydrogens is 266 g/mol. The van der Waals surface area contributed by atoms with E-state index < -0.39 is 5.97 Å². The summed E-state index contributed by atoms with van der Waals surface area (Å²) in [7, 11) is 0. The minimum atomic E-state index is -0.745. The summed E-state index contributed by atoms with van der Waals surface area (Å²) in [6.45, 7) is 4.55. The first kappa shape index (κ1) is 16.3. The minimum absolute atomic E-state index is 0.0916. The fourth-order valence-corrected chi connectivity index (χ4v) is 3.90. The van der Waals surface area contributed by atoms with Crippen LogP contribution >= 0.6 is 0 Å². The highest BCUT2D eigenvalue weighted by Gasteiger charge is 2.32. The zero-order valence-corrected chi connectivity index (χ0v) is 13.3. The van der Waals surface area contributed by atoms with E-state index in [1.165, 1.54) is 12.8 Å². The minimum Gasteiger partial charge on any atom is -0.481 e. The van der Waals surface area contributed by atoms with Gasteiger partial charge in [0.15, 0.2) is 0 Å². The van der Waals surface area contributed by atoms with Gasteiger partial charge in [0, 0.05) is 12.0 Å². The first-order valence-corrected chi connectivity index (χ1v) is 8.50. The van der Waals surface area contributed by atoms with Crippen LogP contribution in [-0.4, -0.2) is 23.0 Å². The molecular formula is C17H29NO3. The molecule has 0 saturated heterocycles. The van der Waals surface area contributed by atoms with Crippen LogP contribution < -0.4 is 5.32 Å². The topological polar surface area (TPSA) is 66.4 Å². The second-order valence-electron chi connectivity index (χ2n) is 7.26. The van der Waals surface area contributed by atoms with Crippen LogP contribution in [0.25, 0.3) is 0 Å². The summed E-state index contributed by atoms with van der Waals surface area (Å²) in [5.41, 5.74) is 0. The van der Waals surface area contributed by atoms with Crippen LogP contribution in [0.5, 0.6) is 0 Å². The number of nitrogens with one attached hydrogen (secondary N) is 1. The van der Waals surface area contributed by atoms with E-state index in [0.717, 1.165) is 43.9 Å². The Hall–Kier alpha value is -1.06. The number of rotatable bonds is 4. The van der Waals surface area contributed by atoms with E-state index in [-0.39, 0.29) is 17.7 Å². The van der Waals surface area contributed by atoms with Crippen molar-refractivity contribution >= 4 is 11.9 Å². The van der Waals surface area contributed by atoms with Crippen molar-refractivity contribution in [3.8, 4) is 0 Å². The lowest BCUT2D eigenvalue weighted by atomic mass is 9.78. The lowest BCUT2D eigenvalue weighted by Gasteiger charge is -2.33. The molecule has 21 heavy (non-hydrogen) atoms. The Labute approximate surface area is 127 Å². The van der Waals surface area contributed by atoms with Gasteiger partial charge in [-0.2, -0.15) is 0 Å². The Morgan fingerprint density at radius 1 is 1.00 bits per heavy atom. The molecule has 2 aliphatic rings. The number of carboxylic acid groups (broad SMARTS) is 1. The van der Waals surface area contributed by atoms with E-state index in [1.54, 1.807) is 0 Å². The van der Waals surface area contributed by atoms with Crippen molar-refractivity contribution < 1.29 is 14.7 Å². The van der Waals surface area contributed by atoms with E-state index in [9.17, 15) is 9.59 Å². The molecule has 0 bridgehead atoms. The molecule has 0 heterocycles. The van der Waals surface area contributed by atoms with Gasteiger partial charge >= 0.3 is 5.97 Å². The molecule has 1 amide bonds. The lowest BCUT2D eigenvalue weighted by Crippen LogP contribution is -2.43. The van der Waals surface area contributed by atoms with Crippen LogP contribution in [0.2, 0.25) is 0 Å². The third kappa shape index (κ3) is 4.45. The highest BCUT2D eigenvalue weighted by atomic mass is 16.4. The van der Waals surface area contributed by atoms with Crippen molar-refractivity contribution in [2.24, 2.45) is 23.7 Å². The molecule has 0 aromatic carbocycles. The molecule has 0 spiro atoms. The molecule has 0 aromatic heterocycles. The molecule has 2 unspecified atom stereocenters. The number of carbonyl (C=O) groups excluding carboxylic acids is 1. The second-order valence-corrected chi connectivity index (χ2v) is 7.26. The van der Waals surface area contributed by atoms with Gasteiger partial charge in [0.2, 0.25) is 5.91 Å². The summed E-state index contributed by atoms with van der Waals surface area (Å²) in [5.74, 6) is 0.452. The molecule has 0 aliphatic heterocycles. The molecule has 2 atom stereocenters. The molecule has 2 saturated carbocycles. The van der Waals surface area contributed by atoms with E-state index >= 15 is 0 Å². The van der Waals surface area contributed by atoms with E-state index in [4.69, 9.17) is 5.11 Å². The van der Waals surface area contributed by atoms with Crippen LogP contribution in [-0.2, 0) is 9.59 Å². The third-order valence-electron chi connectivity index (χ3n) is 5.46. The first-order valence-electron chi connectivity index (χ1n) is 8.50. The molecule has 2 N–H and O–H groups in total. The van der Waals surface area contributed by atoms with Gasteiger partial charge in [-0.15, -0.1) is 0 Å². The van der Waals surface area contributed by atoms with Gasteiger partial charge in [-0.3, -0.25) is 9.59 Å². The number of hydrogen-bond acceptors (Lipinski definition) is 2. The van der Waals surface area contributed by atoms with Crippen molar-refractivity contribution in [1.82, 2.24) is 5.32 Å². The average molecular weight is 295 g/mol. The lowest BCUT2D eigenvalue weighted by molar-refractivity contribution is -0.144. The summed E-state index contributed by atoms with van der Waals surface area (Å²) < 4.78 is 0. The van der Waals surface area contributed by atoms with Crippen molar-refractivity contribution in [1.29, 1.82) is 0 Å². The Morgan fingerprint density at radius 2 is 1.62 bits per heavy atom. The fourth-order valence-electron chi connectivity index (χ4n) is 3.90. The Balaban J connectivity index is 1.78. The van der Waals surface area contributed by atoms with Gasteiger partial charge in [-0.1, -0.05) is 20.3 Å². The summed E-state index contributed by atoms with van der Waals surface area (Å²) in [6.07, 6.45) is 7.48. The van der Waals surface area contributed by atoms with Gasteiger partial charge in [-0.05, 0) is 56.8 Å². The molecule has 4 nitrogen and oxygen atoms in total. The van der Waals surface area contributed by atoms with Gasteiger partial charge < -0.3 is 10.4 Å². The summed E-state index contributed by atoms with van der Waals surface area (Å²) in [5, 5.41) is 12.3. The van der Waals surface area contributed by atoms with Crippen molar-refractivity contribution in [3.05, 3.63) is 0 Å². The fraction of sp³-hybridized carbons (Fsp3) is 0.882. The van der Waals surface area contributed by atoms with Crippen molar-refractivity contribution in [3.63, 3.8) is 0 Å². The molecule has 0 radical (unpaired) electrons. The van der Waals surface area contributed by atoms with Crippen LogP contribution in [0, 0.1) is 23.7 Å². The summed E-state index contributed by atoms with van der Waals surface area (Å²) in [6, 6.07) is 0.303. The predicted octanol–water partition coefficient (Wildman–Crippen LogP) is 3.21. The van der Waals surface area contributed by atoms with Crippen LogP contribution in [0.4, 0.5) is 0 Å². The largest absolute Gasteiger partial charge is 0.481 e. The maximum Gasteiger partial charge on any atom is 0.306 e. The number of amides is 1. The highest BCUT2D eigenvalue weighted by Crippen LogP contribution is 2.32. The quantitative estimate of drug-likeness (QED) is 0.837. The highest BCUT2D eigenvalue weighted by molar-refractivity contribution is 5.80. The second kappa shape index (κ2) is 7.28. The van der Waals surface area contributed by atoms with E-state index in [0.29, 0.717) is 12.5 Å². The monoisotopic (exact) mass is 295 g/mol. The molecule has 2 rings (SSSR count). The number of hydrogen-bond donors (Lipinski definition) is 2. The standard InChI is InChI=1S/C17H29NO3/c1-11(2)12-6-8-15(9-7-12)18-16(19)13-4-3-5-14(10-13)17(20)21/h11-15H,3-10H2,1-2H3,(H,18,19)(H,20,21). The normalized spacial score (nSPS) is 33.7. The van der Waals surface area contributed by atoms with Crippen LogP contribution in [0.3, 0.4) is 0 Å². The van der Waals surface area contributed by atoms with Gasteiger partial charge in [0.25, 0.3) is 0 Å². The van der Waals surface area contributed by atoms with Gasteiger partial charge in [0.1, 0.15) is 0 Å². The predicted molar refractivity (Wildman–Crippen MR) is 81.8 cm³/mol. The zero-order valence-electron chi connectivity index (χ0n) is 13.3. The zero-order chi connectivity index (χ0) is 15.4. The van der Waals surface area contributed by atoms with Crippen LogP contribution in [0.15, 0.2) is 0 Å². The molecule has 120 valence electrons. The van der Waals surface area contributed by atoms with Gasteiger partial charge in [0.05, 0.1) is 5.92 Å². The van der Waals surface area contributed by atoms with Crippen molar-refractivity contribution in [2.75, 3.05) is 0 Å².